The summed E-state index contributed by atoms with van der Waals surface area (Å²) in [5.41, 5.74) is 3.05. The molecule has 0 radical (unpaired) electrons. The van der Waals surface area contributed by atoms with Gasteiger partial charge >= 0.3 is 0 Å². The molecule has 3 nitrogen and oxygen atoms in total. The Kier molecular flexibility index (Phi) is 4.26. The van der Waals surface area contributed by atoms with Crippen LogP contribution in [-0.4, -0.2) is 18.3 Å². The summed E-state index contributed by atoms with van der Waals surface area (Å²) in [5, 5.41) is 0.918. The fraction of sp³-hybridized carbons (Fsp3) is 0.111. The van der Waals surface area contributed by atoms with Gasteiger partial charge in [-0.15, -0.1) is 0 Å². The summed E-state index contributed by atoms with van der Waals surface area (Å²) >= 11 is 6.02. The zero-order valence-electron chi connectivity index (χ0n) is 12.7. The van der Waals surface area contributed by atoms with E-state index < -0.39 is 5.82 Å². The van der Waals surface area contributed by atoms with Gasteiger partial charge in [0.05, 0.1) is 23.3 Å². The highest BCUT2D eigenvalue weighted by Crippen LogP contribution is 2.29. The Morgan fingerprint density at radius 3 is 2.78 bits per heavy atom. The minimum atomic E-state index is -0.590. The number of pyridine rings is 1. The van der Waals surface area contributed by atoms with Crippen molar-refractivity contribution in [3.05, 3.63) is 64.6 Å². The summed E-state index contributed by atoms with van der Waals surface area (Å²) in [4.78, 5) is 8.90. The maximum atomic E-state index is 14.0. The minimum Gasteiger partial charge on any atom is -0.494 e. The maximum Gasteiger partial charge on any atom is 0.184 e. The normalized spacial score (nSPS) is 11.3. The van der Waals surface area contributed by atoms with Crippen LogP contribution in [0.5, 0.6) is 5.75 Å². The quantitative estimate of drug-likeness (QED) is 0.627. The van der Waals surface area contributed by atoms with E-state index in [0.29, 0.717) is 5.56 Å². The third kappa shape index (κ3) is 3.03. The fourth-order valence-electron chi connectivity index (χ4n) is 2.30. The van der Waals surface area contributed by atoms with E-state index in [1.807, 2.05) is 37.3 Å². The Labute approximate surface area is 138 Å². The lowest BCUT2D eigenvalue weighted by Gasteiger charge is -2.06. The third-order valence-electron chi connectivity index (χ3n) is 3.49. The highest BCUT2D eigenvalue weighted by Gasteiger charge is 2.11. The number of hydrogen-bond acceptors (Lipinski definition) is 3. The fourth-order valence-corrected chi connectivity index (χ4v) is 2.50. The molecule has 0 saturated heterocycles. The molecule has 0 amide bonds. The van der Waals surface area contributed by atoms with Gasteiger partial charge in [-0.2, -0.15) is 0 Å². The molecule has 3 rings (SSSR count). The highest BCUT2D eigenvalue weighted by atomic mass is 35.5. The molecule has 116 valence electrons. The topological polar surface area (TPSA) is 34.5 Å². The van der Waals surface area contributed by atoms with E-state index in [9.17, 15) is 4.39 Å². The predicted molar refractivity (Wildman–Crippen MR) is 91.7 cm³/mol. The largest absolute Gasteiger partial charge is 0.494 e. The molecule has 0 saturated carbocycles. The van der Waals surface area contributed by atoms with Gasteiger partial charge in [-0.3, -0.25) is 9.98 Å². The van der Waals surface area contributed by atoms with Crippen LogP contribution in [0.3, 0.4) is 0 Å². The van der Waals surface area contributed by atoms with Crippen molar-refractivity contribution in [3.8, 4) is 5.75 Å². The molecule has 23 heavy (non-hydrogen) atoms. The zero-order chi connectivity index (χ0) is 16.4. The molecule has 0 fully saturated rings. The van der Waals surface area contributed by atoms with E-state index in [4.69, 9.17) is 16.3 Å². The van der Waals surface area contributed by atoms with Crippen molar-refractivity contribution < 1.29 is 9.13 Å². The van der Waals surface area contributed by atoms with E-state index in [1.165, 1.54) is 13.2 Å². The van der Waals surface area contributed by atoms with Crippen molar-refractivity contribution in [2.45, 2.75) is 6.92 Å². The van der Waals surface area contributed by atoms with Crippen LogP contribution < -0.4 is 4.74 Å². The van der Waals surface area contributed by atoms with Crippen LogP contribution in [0.1, 0.15) is 11.3 Å². The molecule has 2 aromatic carbocycles. The average molecular weight is 329 g/mol. The Morgan fingerprint density at radius 1 is 1.17 bits per heavy atom. The SMILES string of the molecule is COc1ccc(/C=N\c2cccc3nc(C)ccc23)c(Cl)c1F. The summed E-state index contributed by atoms with van der Waals surface area (Å²) in [6.45, 7) is 1.94. The first-order chi connectivity index (χ1) is 11.1. The highest BCUT2D eigenvalue weighted by molar-refractivity contribution is 6.33. The first-order valence-electron chi connectivity index (χ1n) is 7.02. The molecule has 1 heterocycles. The summed E-state index contributed by atoms with van der Waals surface area (Å²) in [6, 6.07) is 12.8. The first-order valence-corrected chi connectivity index (χ1v) is 7.40. The van der Waals surface area contributed by atoms with Crippen molar-refractivity contribution in [3.63, 3.8) is 0 Å². The zero-order valence-corrected chi connectivity index (χ0v) is 13.4. The van der Waals surface area contributed by atoms with Crippen molar-refractivity contribution >= 4 is 34.4 Å². The molecule has 0 spiro atoms. The molecular weight excluding hydrogens is 315 g/mol. The van der Waals surface area contributed by atoms with Gasteiger partial charge < -0.3 is 4.74 Å². The van der Waals surface area contributed by atoms with Crippen molar-refractivity contribution in [2.24, 2.45) is 4.99 Å². The number of aliphatic imine (C=N–C) groups is 1. The average Bonchev–Trinajstić information content (AvgIpc) is 2.56. The molecule has 0 aliphatic carbocycles. The number of aryl methyl sites for hydroxylation is 1. The van der Waals surface area contributed by atoms with Crippen LogP contribution in [0.25, 0.3) is 10.9 Å². The second-order valence-corrected chi connectivity index (χ2v) is 5.42. The standard InChI is InChI=1S/C18H14ClFN2O/c1-11-6-8-13-14(4-3-5-15(13)22-11)21-10-12-7-9-16(23-2)18(20)17(12)19/h3-10H,1-2H3/b21-10-. The van der Waals surface area contributed by atoms with E-state index in [1.54, 1.807) is 12.3 Å². The second kappa shape index (κ2) is 6.34. The van der Waals surface area contributed by atoms with Crippen molar-refractivity contribution in [2.75, 3.05) is 7.11 Å². The Balaban J connectivity index is 2.02. The van der Waals surface area contributed by atoms with Crippen LogP contribution in [-0.2, 0) is 0 Å². The predicted octanol–water partition coefficient (Wildman–Crippen LogP) is 5.09. The molecule has 0 atom stereocenters. The Bertz CT molecular complexity index is 909. The van der Waals surface area contributed by atoms with E-state index >= 15 is 0 Å². The van der Waals surface area contributed by atoms with Crippen LogP contribution in [0, 0.1) is 12.7 Å². The Hall–Kier alpha value is -2.46. The number of nitrogens with zero attached hydrogens (tertiary/aromatic N) is 2. The van der Waals surface area contributed by atoms with Gasteiger partial charge in [-0.25, -0.2) is 4.39 Å². The van der Waals surface area contributed by atoms with Crippen LogP contribution >= 0.6 is 11.6 Å². The number of halogens is 2. The number of rotatable bonds is 3. The Morgan fingerprint density at radius 2 is 2.00 bits per heavy atom. The summed E-state index contributed by atoms with van der Waals surface area (Å²) in [7, 11) is 1.40. The first kappa shape index (κ1) is 15.4. The maximum absolute atomic E-state index is 14.0. The number of hydrogen-bond donors (Lipinski definition) is 0. The monoisotopic (exact) mass is 328 g/mol. The molecular formula is C18H14ClFN2O. The van der Waals surface area contributed by atoms with Gasteiger partial charge in [0.25, 0.3) is 0 Å². The lowest BCUT2D eigenvalue weighted by atomic mass is 10.1. The van der Waals surface area contributed by atoms with Crippen molar-refractivity contribution in [1.82, 2.24) is 4.98 Å². The summed E-state index contributed by atoms with van der Waals surface area (Å²) in [5.74, 6) is -0.481. The van der Waals surface area contributed by atoms with Crippen LogP contribution in [0.15, 0.2) is 47.5 Å². The van der Waals surface area contributed by atoms with Gasteiger partial charge in [0, 0.05) is 22.9 Å². The third-order valence-corrected chi connectivity index (χ3v) is 3.87. The molecule has 1 aromatic heterocycles. The van der Waals surface area contributed by atoms with Gasteiger partial charge in [0.2, 0.25) is 0 Å². The number of ether oxygens (including phenoxy) is 1. The van der Waals surface area contributed by atoms with Gasteiger partial charge in [0.1, 0.15) is 0 Å². The second-order valence-electron chi connectivity index (χ2n) is 5.04. The molecule has 0 aliphatic rings. The van der Waals surface area contributed by atoms with Gasteiger partial charge in [-0.05, 0) is 43.3 Å². The van der Waals surface area contributed by atoms with E-state index in [0.717, 1.165) is 22.3 Å². The van der Waals surface area contributed by atoms with E-state index in [-0.39, 0.29) is 10.8 Å². The molecule has 0 N–H and O–H groups in total. The lowest BCUT2D eigenvalue weighted by molar-refractivity contribution is 0.386. The molecule has 0 unspecified atom stereocenters. The lowest BCUT2D eigenvalue weighted by Crippen LogP contribution is -1.93. The van der Waals surface area contributed by atoms with Gasteiger partial charge in [0.15, 0.2) is 11.6 Å². The minimum absolute atomic E-state index is 0.0118. The number of aromatic nitrogens is 1. The van der Waals surface area contributed by atoms with Crippen molar-refractivity contribution in [1.29, 1.82) is 0 Å². The number of fused-ring (bicyclic) bond motifs is 1. The molecule has 3 aromatic rings. The molecule has 5 heteroatoms. The molecule has 0 bridgehead atoms. The number of methoxy groups -OCH3 is 1. The summed E-state index contributed by atoms with van der Waals surface area (Å²) < 4.78 is 18.9. The number of benzene rings is 2. The molecule has 0 aliphatic heterocycles. The van der Waals surface area contributed by atoms with Crippen LogP contribution in [0.4, 0.5) is 10.1 Å². The summed E-state index contributed by atoms with van der Waals surface area (Å²) in [6.07, 6.45) is 1.54. The smallest absolute Gasteiger partial charge is 0.184 e. The van der Waals surface area contributed by atoms with Crippen LogP contribution in [0.2, 0.25) is 5.02 Å². The van der Waals surface area contributed by atoms with Gasteiger partial charge in [-0.1, -0.05) is 17.7 Å². The van der Waals surface area contributed by atoms with E-state index in [2.05, 4.69) is 9.98 Å².